The molecule has 0 radical (unpaired) electrons. The van der Waals surface area contributed by atoms with Gasteiger partial charge in [-0.15, -0.1) is 0 Å². The Hall–Kier alpha value is -3.93. The number of nitrogens with one attached hydrogen (secondary N) is 2. The van der Waals surface area contributed by atoms with Crippen LogP contribution in [0.4, 0.5) is 5.69 Å². The molecule has 1 atom stereocenters. The number of anilines is 1. The largest absolute Gasteiger partial charge is 0.449 e. The molecule has 0 bridgehead atoms. The van der Waals surface area contributed by atoms with Crippen LogP contribution in [0.15, 0.2) is 66.7 Å². The quantitative estimate of drug-likeness (QED) is 0.402. The summed E-state index contributed by atoms with van der Waals surface area (Å²) in [6.07, 6.45) is -0.521. The van der Waals surface area contributed by atoms with Gasteiger partial charge in [-0.05, 0) is 55.7 Å². The van der Waals surface area contributed by atoms with Gasteiger partial charge in [-0.25, -0.2) is 9.78 Å². The molecule has 2 N–H and O–H groups in total. The molecule has 6 heteroatoms. The topological polar surface area (TPSA) is 84.1 Å². The van der Waals surface area contributed by atoms with E-state index in [2.05, 4.69) is 15.3 Å². The summed E-state index contributed by atoms with van der Waals surface area (Å²) in [7, 11) is 0. The zero-order chi connectivity index (χ0) is 22.7. The normalized spacial score (nSPS) is 11.8. The summed E-state index contributed by atoms with van der Waals surface area (Å²) in [5.41, 5.74) is 5.58. The van der Waals surface area contributed by atoms with Gasteiger partial charge >= 0.3 is 5.97 Å². The van der Waals surface area contributed by atoms with Gasteiger partial charge < -0.3 is 15.0 Å². The minimum Gasteiger partial charge on any atom is -0.449 e. The van der Waals surface area contributed by atoms with Crippen molar-refractivity contribution >= 4 is 28.6 Å². The SMILES string of the molecule is CCC(OC(=O)c1ccc2nc(-c3ccccc3)[nH]c2c1)C(=O)Nc1cccc(C)c1C. The Balaban J connectivity index is 1.50. The van der Waals surface area contributed by atoms with E-state index in [4.69, 9.17) is 4.74 Å². The molecule has 0 spiro atoms. The minimum atomic E-state index is -0.889. The second-order valence-corrected chi connectivity index (χ2v) is 7.72. The summed E-state index contributed by atoms with van der Waals surface area (Å²) >= 11 is 0. The number of aryl methyl sites for hydroxylation is 1. The highest BCUT2D eigenvalue weighted by Crippen LogP contribution is 2.22. The van der Waals surface area contributed by atoms with Gasteiger partial charge in [0.2, 0.25) is 0 Å². The summed E-state index contributed by atoms with van der Waals surface area (Å²) in [4.78, 5) is 33.3. The van der Waals surface area contributed by atoms with Crippen LogP contribution < -0.4 is 5.32 Å². The zero-order valence-corrected chi connectivity index (χ0v) is 18.3. The van der Waals surface area contributed by atoms with Crippen LogP contribution in [0, 0.1) is 13.8 Å². The predicted octanol–water partition coefficient (Wildman–Crippen LogP) is 5.42. The van der Waals surface area contributed by atoms with Crippen molar-refractivity contribution in [1.29, 1.82) is 0 Å². The number of carbonyl (C=O) groups is 2. The highest BCUT2D eigenvalue weighted by atomic mass is 16.5. The summed E-state index contributed by atoms with van der Waals surface area (Å²) in [6.45, 7) is 5.74. The third-order valence-electron chi connectivity index (χ3n) is 5.54. The van der Waals surface area contributed by atoms with Crippen LogP contribution in [0.25, 0.3) is 22.4 Å². The van der Waals surface area contributed by atoms with Gasteiger partial charge in [0, 0.05) is 11.3 Å². The number of carbonyl (C=O) groups excluding carboxylic acids is 2. The van der Waals surface area contributed by atoms with E-state index in [1.807, 2.05) is 69.3 Å². The maximum absolute atomic E-state index is 12.8. The number of fused-ring (bicyclic) bond motifs is 1. The summed E-state index contributed by atoms with van der Waals surface area (Å²) in [5.74, 6) is -0.167. The molecule has 1 amide bonds. The van der Waals surface area contributed by atoms with E-state index in [9.17, 15) is 9.59 Å². The number of H-pyrrole nitrogens is 1. The van der Waals surface area contributed by atoms with Crippen molar-refractivity contribution in [1.82, 2.24) is 9.97 Å². The van der Waals surface area contributed by atoms with E-state index in [1.165, 1.54) is 0 Å². The number of imidazole rings is 1. The van der Waals surface area contributed by atoms with Crippen molar-refractivity contribution < 1.29 is 14.3 Å². The first-order valence-corrected chi connectivity index (χ1v) is 10.6. The van der Waals surface area contributed by atoms with Crippen LogP contribution in [0.2, 0.25) is 0 Å². The van der Waals surface area contributed by atoms with Gasteiger partial charge in [-0.1, -0.05) is 49.4 Å². The van der Waals surface area contributed by atoms with Crippen molar-refractivity contribution in [3.8, 4) is 11.4 Å². The number of ether oxygens (including phenoxy) is 1. The lowest BCUT2D eigenvalue weighted by Gasteiger charge is -2.17. The van der Waals surface area contributed by atoms with E-state index >= 15 is 0 Å². The standard InChI is InChI=1S/C26H25N3O3/c1-4-23(25(30)29-20-12-8-9-16(2)17(20)3)32-26(31)19-13-14-21-22(15-19)28-24(27-21)18-10-6-5-7-11-18/h5-15,23H,4H2,1-3H3,(H,27,28)(H,29,30). The van der Waals surface area contributed by atoms with E-state index in [0.29, 0.717) is 12.0 Å². The van der Waals surface area contributed by atoms with Gasteiger partial charge in [0.05, 0.1) is 16.6 Å². The molecule has 0 saturated heterocycles. The summed E-state index contributed by atoms with van der Waals surface area (Å²) in [5, 5.41) is 2.88. The fourth-order valence-electron chi connectivity index (χ4n) is 3.49. The van der Waals surface area contributed by atoms with Crippen molar-refractivity contribution in [2.75, 3.05) is 5.32 Å². The minimum absolute atomic E-state index is 0.344. The predicted molar refractivity (Wildman–Crippen MR) is 126 cm³/mol. The van der Waals surface area contributed by atoms with Crippen LogP contribution in [-0.4, -0.2) is 27.9 Å². The average molecular weight is 428 g/mol. The van der Waals surface area contributed by atoms with Crippen LogP contribution in [0.5, 0.6) is 0 Å². The van der Waals surface area contributed by atoms with E-state index < -0.39 is 12.1 Å². The van der Waals surface area contributed by atoms with E-state index in [1.54, 1.807) is 18.2 Å². The fraction of sp³-hybridized carbons (Fsp3) is 0.192. The number of aromatic nitrogens is 2. The Morgan fingerprint density at radius 1 is 1.03 bits per heavy atom. The highest BCUT2D eigenvalue weighted by molar-refractivity contribution is 5.99. The lowest BCUT2D eigenvalue weighted by atomic mass is 10.1. The highest BCUT2D eigenvalue weighted by Gasteiger charge is 2.23. The van der Waals surface area contributed by atoms with Gasteiger partial charge in [-0.3, -0.25) is 4.79 Å². The van der Waals surface area contributed by atoms with E-state index in [0.717, 1.165) is 39.2 Å². The number of hydrogen-bond acceptors (Lipinski definition) is 4. The molecule has 162 valence electrons. The van der Waals surface area contributed by atoms with Gasteiger partial charge in [0.1, 0.15) is 5.82 Å². The third kappa shape index (κ3) is 4.39. The Bertz CT molecular complexity index is 1280. The molecule has 32 heavy (non-hydrogen) atoms. The molecular formula is C26H25N3O3. The van der Waals surface area contributed by atoms with Gasteiger partial charge in [0.25, 0.3) is 5.91 Å². The first-order chi connectivity index (χ1) is 15.5. The molecule has 4 rings (SSSR count). The number of nitrogens with zero attached hydrogens (tertiary/aromatic N) is 1. The second-order valence-electron chi connectivity index (χ2n) is 7.72. The van der Waals surface area contributed by atoms with Crippen LogP contribution in [0.1, 0.15) is 34.8 Å². The van der Waals surface area contributed by atoms with Crippen molar-refractivity contribution in [3.05, 3.63) is 83.4 Å². The molecule has 0 saturated carbocycles. The van der Waals surface area contributed by atoms with Gasteiger partial charge in [-0.2, -0.15) is 0 Å². The maximum Gasteiger partial charge on any atom is 0.338 e. The molecule has 1 unspecified atom stereocenters. The van der Waals surface area contributed by atoms with Crippen LogP contribution >= 0.6 is 0 Å². The lowest BCUT2D eigenvalue weighted by molar-refractivity contribution is -0.124. The number of aromatic amines is 1. The molecule has 3 aromatic carbocycles. The van der Waals surface area contributed by atoms with Crippen LogP contribution in [-0.2, 0) is 9.53 Å². The molecule has 0 fully saturated rings. The number of esters is 1. The molecule has 1 heterocycles. The second kappa shape index (κ2) is 9.06. The first kappa shape index (κ1) is 21.3. The van der Waals surface area contributed by atoms with Crippen LogP contribution in [0.3, 0.4) is 0 Å². The summed E-state index contributed by atoms with van der Waals surface area (Å²) < 4.78 is 5.54. The smallest absolute Gasteiger partial charge is 0.338 e. The molecule has 0 aliphatic heterocycles. The van der Waals surface area contributed by atoms with E-state index in [-0.39, 0.29) is 5.91 Å². The van der Waals surface area contributed by atoms with Crippen molar-refractivity contribution in [3.63, 3.8) is 0 Å². The monoisotopic (exact) mass is 427 g/mol. The number of amides is 1. The molecular weight excluding hydrogens is 402 g/mol. The summed E-state index contributed by atoms with van der Waals surface area (Å²) in [6, 6.07) is 20.6. The number of hydrogen-bond donors (Lipinski definition) is 2. The average Bonchev–Trinajstić information content (AvgIpc) is 3.24. The molecule has 1 aromatic heterocycles. The molecule has 6 nitrogen and oxygen atoms in total. The molecule has 0 aliphatic rings. The molecule has 4 aromatic rings. The zero-order valence-electron chi connectivity index (χ0n) is 18.3. The Kier molecular flexibility index (Phi) is 6.03. The van der Waals surface area contributed by atoms with Crippen molar-refractivity contribution in [2.45, 2.75) is 33.3 Å². The lowest BCUT2D eigenvalue weighted by Crippen LogP contribution is -2.32. The number of benzene rings is 3. The molecule has 0 aliphatic carbocycles. The Labute approximate surface area is 186 Å². The Morgan fingerprint density at radius 2 is 1.81 bits per heavy atom. The van der Waals surface area contributed by atoms with Gasteiger partial charge in [0.15, 0.2) is 6.10 Å². The maximum atomic E-state index is 12.8. The first-order valence-electron chi connectivity index (χ1n) is 10.6. The Morgan fingerprint density at radius 3 is 2.56 bits per heavy atom. The van der Waals surface area contributed by atoms with Crippen molar-refractivity contribution in [2.24, 2.45) is 0 Å². The third-order valence-corrected chi connectivity index (χ3v) is 5.54. The number of rotatable bonds is 6. The fourth-order valence-corrected chi connectivity index (χ4v) is 3.49.